The van der Waals surface area contributed by atoms with Gasteiger partial charge in [0, 0.05) is 33.4 Å². The molecule has 0 bridgehead atoms. The van der Waals surface area contributed by atoms with Crippen LogP contribution in [0.5, 0.6) is 0 Å². The summed E-state index contributed by atoms with van der Waals surface area (Å²) in [6.45, 7) is 5.57. The van der Waals surface area contributed by atoms with Crippen molar-refractivity contribution in [3.63, 3.8) is 0 Å². The van der Waals surface area contributed by atoms with E-state index in [4.69, 9.17) is 4.74 Å². The highest BCUT2D eigenvalue weighted by Crippen LogP contribution is 2.28. The van der Waals surface area contributed by atoms with Gasteiger partial charge in [-0.3, -0.25) is 4.99 Å². The lowest BCUT2D eigenvalue weighted by atomic mass is 10.0. The lowest BCUT2D eigenvalue weighted by Gasteiger charge is -2.26. The van der Waals surface area contributed by atoms with Gasteiger partial charge in [0.15, 0.2) is 5.96 Å². The number of benzene rings is 1. The summed E-state index contributed by atoms with van der Waals surface area (Å²) < 4.78 is 5.66. The maximum Gasteiger partial charge on any atom is 0.191 e. The van der Waals surface area contributed by atoms with E-state index in [2.05, 4.69) is 65.8 Å². The van der Waals surface area contributed by atoms with Gasteiger partial charge in [0.05, 0.1) is 6.04 Å². The highest BCUT2D eigenvalue weighted by molar-refractivity contribution is 5.79. The summed E-state index contributed by atoms with van der Waals surface area (Å²) in [7, 11) is 6.04. The first-order valence-corrected chi connectivity index (χ1v) is 9.35. The Morgan fingerprint density at radius 1 is 1.24 bits per heavy atom. The fourth-order valence-electron chi connectivity index (χ4n) is 2.72. The first-order chi connectivity index (χ1) is 12.1. The van der Waals surface area contributed by atoms with Crippen LogP contribution in [-0.4, -0.2) is 58.3 Å². The van der Waals surface area contributed by atoms with Gasteiger partial charge in [-0.1, -0.05) is 29.8 Å². The molecule has 140 valence electrons. The number of guanidine groups is 1. The number of aliphatic imine (C=N–C) groups is 1. The number of likely N-dealkylation sites (N-methyl/N-ethyl adjacent to an activating group) is 1. The lowest BCUT2D eigenvalue weighted by Crippen LogP contribution is -2.42. The van der Waals surface area contributed by atoms with Gasteiger partial charge >= 0.3 is 0 Å². The summed E-state index contributed by atoms with van der Waals surface area (Å²) >= 11 is 0. The van der Waals surface area contributed by atoms with E-state index < -0.39 is 0 Å². The molecular formula is C20H34N4O. The van der Waals surface area contributed by atoms with Crippen molar-refractivity contribution in [2.24, 2.45) is 10.9 Å². The molecule has 5 nitrogen and oxygen atoms in total. The van der Waals surface area contributed by atoms with Crippen molar-refractivity contribution in [3.05, 3.63) is 35.4 Å². The van der Waals surface area contributed by atoms with Crippen LogP contribution in [-0.2, 0) is 4.74 Å². The Morgan fingerprint density at radius 2 is 1.96 bits per heavy atom. The second kappa shape index (κ2) is 10.4. The van der Waals surface area contributed by atoms with Crippen LogP contribution in [0.1, 0.15) is 36.4 Å². The third kappa shape index (κ3) is 7.45. The molecule has 2 rings (SSSR count). The minimum Gasteiger partial charge on any atom is -0.381 e. The summed E-state index contributed by atoms with van der Waals surface area (Å²) in [6.07, 6.45) is 3.70. The van der Waals surface area contributed by atoms with Crippen molar-refractivity contribution in [1.29, 1.82) is 0 Å². The van der Waals surface area contributed by atoms with E-state index in [9.17, 15) is 0 Å². The van der Waals surface area contributed by atoms with Crippen LogP contribution in [0.15, 0.2) is 29.3 Å². The molecule has 1 fully saturated rings. The Bertz CT molecular complexity index is 523. The van der Waals surface area contributed by atoms with Crippen molar-refractivity contribution in [1.82, 2.24) is 15.5 Å². The molecule has 5 heteroatoms. The first-order valence-electron chi connectivity index (χ1n) is 9.35. The van der Waals surface area contributed by atoms with E-state index >= 15 is 0 Å². The molecule has 0 saturated heterocycles. The summed E-state index contributed by atoms with van der Waals surface area (Å²) in [4.78, 5) is 6.55. The Kier molecular flexibility index (Phi) is 8.22. The summed E-state index contributed by atoms with van der Waals surface area (Å²) in [5, 5.41) is 6.81. The van der Waals surface area contributed by atoms with Gasteiger partial charge in [-0.05, 0) is 51.8 Å². The average molecular weight is 347 g/mol. The van der Waals surface area contributed by atoms with Crippen molar-refractivity contribution in [2.75, 3.05) is 47.4 Å². The van der Waals surface area contributed by atoms with E-state index in [1.165, 1.54) is 24.0 Å². The molecule has 1 unspecified atom stereocenters. The van der Waals surface area contributed by atoms with E-state index in [1.807, 2.05) is 7.05 Å². The molecule has 0 aliphatic heterocycles. The van der Waals surface area contributed by atoms with Crippen LogP contribution >= 0.6 is 0 Å². The number of hydrogen-bond acceptors (Lipinski definition) is 3. The number of nitrogens with one attached hydrogen (secondary N) is 2. The molecule has 2 N–H and O–H groups in total. The Balaban J connectivity index is 1.70. The molecule has 1 aromatic rings. The zero-order valence-electron chi connectivity index (χ0n) is 16.2. The predicted molar refractivity (Wildman–Crippen MR) is 105 cm³/mol. The lowest BCUT2D eigenvalue weighted by molar-refractivity contribution is 0.123. The summed E-state index contributed by atoms with van der Waals surface area (Å²) in [5.74, 6) is 1.69. The van der Waals surface area contributed by atoms with Gasteiger partial charge in [0.2, 0.25) is 0 Å². The maximum atomic E-state index is 5.66. The van der Waals surface area contributed by atoms with Crippen LogP contribution in [0.3, 0.4) is 0 Å². The average Bonchev–Trinajstić information content (AvgIpc) is 3.41. The fourth-order valence-corrected chi connectivity index (χ4v) is 2.72. The third-order valence-corrected chi connectivity index (χ3v) is 4.58. The van der Waals surface area contributed by atoms with Crippen LogP contribution < -0.4 is 10.6 Å². The Hall–Kier alpha value is -1.59. The highest BCUT2D eigenvalue weighted by Gasteiger charge is 2.20. The number of aryl methyl sites for hydroxylation is 1. The van der Waals surface area contributed by atoms with Gasteiger partial charge in [0.1, 0.15) is 0 Å². The second-order valence-electron chi connectivity index (χ2n) is 7.14. The number of nitrogens with zero attached hydrogens (tertiary/aromatic N) is 2. The van der Waals surface area contributed by atoms with Crippen LogP contribution in [0.25, 0.3) is 0 Å². The largest absolute Gasteiger partial charge is 0.381 e. The quantitative estimate of drug-likeness (QED) is 0.388. The SMILES string of the molecule is CN=C(NCCCOCC1CC1)NCC(c1ccc(C)cc1)N(C)C. The van der Waals surface area contributed by atoms with Crippen molar-refractivity contribution >= 4 is 5.96 Å². The normalized spacial score (nSPS) is 16.1. The molecule has 1 atom stereocenters. The van der Waals surface area contributed by atoms with Gasteiger partial charge < -0.3 is 20.3 Å². The molecule has 0 spiro atoms. The van der Waals surface area contributed by atoms with Gasteiger partial charge in [-0.25, -0.2) is 0 Å². The number of ether oxygens (including phenoxy) is 1. The minimum atomic E-state index is 0.307. The standard InChI is InChI=1S/C20H34N4O/c1-16-6-10-18(11-7-16)19(24(3)4)14-23-20(21-2)22-12-5-13-25-15-17-8-9-17/h6-7,10-11,17,19H,5,8-9,12-15H2,1-4H3,(H2,21,22,23). The molecule has 1 saturated carbocycles. The van der Waals surface area contributed by atoms with Gasteiger partial charge in [0.25, 0.3) is 0 Å². The van der Waals surface area contributed by atoms with Gasteiger partial charge in [-0.15, -0.1) is 0 Å². The predicted octanol–water partition coefficient (Wildman–Crippen LogP) is 2.58. The monoisotopic (exact) mass is 346 g/mol. The van der Waals surface area contributed by atoms with E-state index in [0.29, 0.717) is 6.04 Å². The summed E-state index contributed by atoms with van der Waals surface area (Å²) in [5.41, 5.74) is 2.60. The molecule has 0 amide bonds. The first kappa shape index (κ1) is 19.7. The second-order valence-corrected chi connectivity index (χ2v) is 7.14. The fraction of sp³-hybridized carbons (Fsp3) is 0.650. The third-order valence-electron chi connectivity index (χ3n) is 4.58. The zero-order valence-corrected chi connectivity index (χ0v) is 16.2. The highest BCUT2D eigenvalue weighted by atomic mass is 16.5. The van der Waals surface area contributed by atoms with Crippen LogP contribution in [0.2, 0.25) is 0 Å². The molecule has 0 radical (unpaired) electrons. The Labute approximate surface area is 152 Å². The van der Waals surface area contributed by atoms with E-state index in [-0.39, 0.29) is 0 Å². The number of hydrogen-bond donors (Lipinski definition) is 2. The molecule has 1 aliphatic carbocycles. The molecular weight excluding hydrogens is 312 g/mol. The molecule has 1 aliphatic rings. The van der Waals surface area contributed by atoms with Crippen molar-refractivity contribution in [2.45, 2.75) is 32.2 Å². The van der Waals surface area contributed by atoms with E-state index in [0.717, 1.165) is 44.6 Å². The zero-order chi connectivity index (χ0) is 18.1. The molecule has 0 heterocycles. The van der Waals surface area contributed by atoms with Gasteiger partial charge in [-0.2, -0.15) is 0 Å². The molecule has 1 aromatic carbocycles. The van der Waals surface area contributed by atoms with E-state index in [1.54, 1.807) is 0 Å². The minimum absolute atomic E-state index is 0.307. The molecule has 25 heavy (non-hydrogen) atoms. The molecule has 0 aromatic heterocycles. The Morgan fingerprint density at radius 3 is 2.56 bits per heavy atom. The maximum absolute atomic E-state index is 5.66. The smallest absolute Gasteiger partial charge is 0.191 e. The van der Waals surface area contributed by atoms with Crippen molar-refractivity contribution < 1.29 is 4.74 Å². The number of rotatable bonds is 10. The van der Waals surface area contributed by atoms with Crippen LogP contribution in [0.4, 0.5) is 0 Å². The van der Waals surface area contributed by atoms with Crippen molar-refractivity contribution in [3.8, 4) is 0 Å². The topological polar surface area (TPSA) is 48.9 Å². The van der Waals surface area contributed by atoms with Crippen LogP contribution in [0, 0.1) is 12.8 Å². The summed E-state index contributed by atoms with van der Waals surface area (Å²) in [6, 6.07) is 9.05.